The van der Waals surface area contributed by atoms with Crippen LogP contribution in [-0.2, 0) is 24.4 Å². The van der Waals surface area contributed by atoms with Crippen molar-refractivity contribution in [3.8, 4) is 11.5 Å². The number of halogens is 1. The minimum absolute atomic E-state index is 0.00194. The number of carbonyl (C=O) groups is 4. The fourth-order valence-corrected chi connectivity index (χ4v) is 8.02. The van der Waals surface area contributed by atoms with Crippen molar-refractivity contribution in [2.45, 2.75) is 71.4 Å². The zero-order valence-corrected chi connectivity index (χ0v) is 30.9. The van der Waals surface area contributed by atoms with E-state index in [2.05, 4.69) is 0 Å². The molecule has 2 aliphatic rings. The normalized spacial score (nSPS) is 17.7. The Morgan fingerprint density at radius 2 is 1.84 bits per heavy atom. The number of aldehydes is 1. The molecule has 2 fully saturated rings. The number of esters is 1. The van der Waals surface area contributed by atoms with Gasteiger partial charge in [0.15, 0.2) is 11.6 Å². The summed E-state index contributed by atoms with van der Waals surface area (Å²) in [7, 11) is -1.68. The number of pyridine rings is 1. The molecule has 1 saturated heterocycles. The van der Waals surface area contributed by atoms with E-state index < -0.39 is 47.2 Å². The van der Waals surface area contributed by atoms with Crippen LogP contribution in [0.1, 0.15) is 75.8 Å². The number of carbonyl (C=O) groups excluding carboxylic acids is 3. The van der Waals surface area contributed by atoms with Crippen molar-refractivity contribution in [3.05, 3.63) is 57.6 Å². The van der Waals surface area contributed by atoms with Gasteiger partial charge >= 0.3 is 11.9 Å². The molecule has 14 heteroatoms. The zero-order valence-electron chi connectivity index (χ0n) is 30.0. The summed E-state index contributed by atoms with van der Waals surface area (Å²) in [4.78, 5) is 66.4. The molecule has 1 amide bonds. The number of aromatic carboxylic acids is 1. The van der Waals surface area contributed by atoms with Crippen molar-refractivity contribution in [2.75, 3.05) is 44.5 Å². The minimum atomic E-state index is -3.06. The van der Waals surface area contributed by atoms with Gasteiger partial charge in [0.2, 0.25) is 11.3 Å². The smallest absolute Gasteiger partial charge is 0.341 e. The Labute approximate surface area is 295 Å². The lowest BCUT2D eigenvalue weighted by Crippen LogP contribution is -2.55. The molecule has 1 aliphatic carbocycles. The lowest BCUT2D eigenvalue weighted by atomic mass is 9.80. The summed E-state index contributed by atoms with van der Waals surface area (Å²) in [6, 6.07) is 5.47. The zero-order chi connectivity index (χ0) is 37.6. The summed E-state index contributed by atoms with van der Waals surface area (Å²) in [5, 5.41) is 10.0. The van der Waals surface area contributed by atoms with Crippen molar-refractivity contribution < 1.29 is 42.7 Å². The van der Waals surface area contributed by atoms with Gasteiger partial charge in [-0.05, 0) is 50.7 Å². The van der Waals surface area contributed by atoms with Crippen LogP contribution in [0.5, 0.6) is 11.5 Å². The molecule has 0 bridgehead atoms. The highest BCUT2D eigenvalue weighted by atomic mass is 31.2. The Morgan fingerprint density at radius 3 is 2.41 bits per heavy atom. The third kappa shape index (κ3) is 7.45. The Kier molecular flexibility index (Phi) is 10.5. The average molecular weight is 726 g/mol. The first-order valence-corrected chi connectivity index (χ1v) is 19.4. The topological polar surface area (TPSA) is 153 Å². The molecule has 2 heterocycles. The highest BCUT2D eigenvalue weighted by molar-refractivity contribution is 7.71. The quantitative estimate of drug-likeness (QED) is 0.117. The largest absolute Gasteiger partial charge is 0.492 e. The SMILES string of the molecule is COc1c(N2CCN(C(=O)CC(C)(C)c3cc(P(C)(=O)CC=O)ccc3OC(=O)C(C)C)C(C)C2)c(F)cc2c(=O)c(C(=O)O)cn(C3CC3)c12. The van der Waals surface area contributed by atoms with Gasteiger partial charge in [-0.3, -0.25) is 14.4 Å². The number of hydrogen-bond acceptors (Lipinski definition) is 9. The Hall–Kier alpha value is -4.51. The van der Waals surface area contributed by atoms with Gasteiger partial charge < -0.3 is 38.3 Å². The van der Waals surface area contributed by atoms with Crippen LogP contribution in [0.25, 0.3) is 10.9 Å². The lowest BCUT2D eigenvalue weighted by molar-refractivity contribution is -0.137. The molecule has 2 unspecified atom stereocenters. The van der Waals surface area contributed by atoms with Crippen molar-refractivity contribution in [3.63, 3.8) is 0 Å². The van der Waals surface area contributed by atoms with E-state index in [0.717, 1.165) is 18.9 Å². The van der Waals surface area contributed by atoms with E-state index in [1.54, 1.807) is 46.4 Å². The first-order chi connectivity index (χ1) is 23.9. The number of carboxylic acids is 1. The standard InChI is InChI=1S/C37H45FN3O9P/c1-21(2)36(47)50-29-11-10-24(51(7,48)15-14-42)16-27(29)37(4,5)18-30(43)40-13-12-39(19-22(40)3)32-28(38)17-25-31(34(32)49-6)41(23-8-9-23)20-26(33(25)44)35(45)46/h10-11,14,16-17,20-23H,8-9,12-13,15,18-19H2,1-7H3,(H,45,46). The Morgan fingerprint density at radius 1 is 1.16 bits per heavy atom. The Bertz CT molecular complexity index is 2020. The minimum Gasteiger partial charge on any atom is -0.492 e. The molecule has 12 nitrogen and oxygen atoms in total. The van der Waals surface area contributed by atoms with Crippen LogP contribution in [0.2, 0.25) is 0 Å². The van der Waals surface area contributed by atoms with E-state index in [0.29, 0.717) is 22.7 Å². The molecule has 51 heavy (non-hydrogen) atoms. The number of hydrogen-bond donors (Lipinski definition) is 1. The van der Waals surface area contributed by atoms with Crippen LogP contribution >= 0.6 is 7.14 Å². The van der Waals surface area contributed by atoms with E-state index in [9.17, 15) is 33.6 Å². The van der Waals surface area contributed by atoms with Gasteiger partial charge in [-0.1, -0.05) is 27.7 Å². The van der Waals surface area contributed by atoms with Gasteiger partial charge in [0.1, 0.15) is 30.4 Å². The van der Waals surface area contributed by atoms with Gasteiger partial charge in [-0.25, -0.2) is 9.18 Å². The second-order valence-corrected chi connectivity index (χ2v) is 17.7. The maximum atomic E-state index is 16.0. The highest BCUT2D eigenvalue weighted by Gasteiger charge is 2.37. The van der Waals surface area contributed by atoms with Crippen molar-refractivity contribution in [2.24, 2.45) is 5.92 Å². The predicted octanol–water partition coefficient (Wildman–Crippen LogP) is 4.97. The molecule has 0 radical (unpaired) electrons. The summed E-state index contributed by atoms with van der Waals surface area (Å²) in [5.74, 6) is -2.82. The number of amides is 1. The molecule has 274 valence electrons. The second kappa shape index (κ2) is 14.3. The molecular weight excluding hydrogens is 680 g/mol. The van der Waals surface area contributed by atoms with Gasteiger partial charge in [0, 0.05) is 60.6 Å². The van der Waals surface area contributed by atoms with Crippen LogP contribution in [0.4, 0.5) is 10.1 Å². The van der Waals surface area contributed by atoms with Crippen LogP contribution in [0.15, 0.2) is 35.3 Å². The van der Waals surface area contributed by atoms with E-state index in [-0.39, 0.29) is 72.8 Å². The van der Waals surface area contributed by atoms with E-state index in [1.165, 1.54) is 20.0 Å². The van der Waals surface area contributed by atoms with Crippen molar-refractivity contribution >= 4 is 53.2 Å². The molecule has 2 aromatic carbocycles. The summed E-state index contributed by atoms with van der Waals surface area (Å²) < 4.78 is 42.5. The first-order valence-electron chi connectivity index (χ1n) is 17.0. The number of ether oxygens (including phenoxy) is 2. The number of aromatic nitrogens is 1. The van der Waals surface area contributed by atoms with Crippen molar-refractivity contribution in [1.82, 2.24) is 9.47 Å². The summed E-state index contributed by atoms with van der Waals surface area (Å²) >= 11 is 0. The number of nitrogens with zero attached hydrogens (tertiary/aromatic N) is 3. The number of fused-ring (bicyclic) bond motifs is 1. The van der Waals surface area contributed by atoms with Gasteiger partial charge in [0.25, 0.3) is 0 Å². The molecule has 1 N–H and O–H groups in total. The third-order valence-corrected chi connectivity index (χ3v) is 12.0. The molecule has 5 rings (SSSR count). The summed E-state index contributed by atoms with van der Waals surface area (Å²) in [6.45, 7) is 11.2. The fourth-order valence-electron chi connectivity index (χ4n) is 6.73. The van der Waals surface area contributed by atoms with Crippen LogP contribution in [-0.4, -0.2) is 84.3 Å². The molecule has 0 spiro atoms. The number of piperazine rings is 1. The monoisotopic (exact) mass is 725 g/mol. The number of anilines is 1. The lowest BCUT2D eigenvalue weighted by Gasteiger charge is -2.42. The molecule has 3 aromatic rings. The molecular formula is C37H45FN3O9P. The van der Waals surface area contributed by atoms with Gasteiger partial charge in [0.05, 0.1) is 30.1 Å². The molecule has 2 atom stereocenters. The number of benzene rings is 2. The molecule has 1 aromatic heterocycles. The number of carboxylic acid groups (broad SMARTS) is 1. The van der Waals surface area contributed by atoms with Gasteiger partial charge in [-0.2, -0.15) is 0 Å². The Balaban J connectivity index is 1.44. The second-order valence-electron chi connectivity index (χ2n) is 14.6. The maximum absolute atomic E-state index is 16.0. The van der Waals surface area contributed by atoms with E-state index in [4.69, 9.17) is 9.47 Å². The van der Waals surface area contributed by atoms with E-state index in [1.807, 2.05) is 20.8 Å². The summed E-state index contributed by atoms with van der Waals surface area (Å²) in [5.41, 5.74) is -1.14. The highest BCUT2D eigenvalue weighted by Crippen LogP contribution is 2.45. The maximum Gasteiger partial charge on any atom is 0.341 e. The van der Waals surface area contributed by atoms with Crippen LogP contribution in [0.3, 0.4) is 0 Å². The number of methoxy groups -OCH3 is 1. The van der Waals surface area contributed by atoms with Gasteiger partial charge in [-0.15, -0.1) is 0 Å². The molecule has 1 saturated carbocycles. The van der Waals surface area contributed by atoms with E-state index >= 15 is 4.39 Å². The molecule has 1 aliphatic heterocycles. The average Bonchev–Trinajstić information content (AvgIpc) is 3.89. The first kappa shape index (κ1) is 37.7. The van der Waals surface area contributed by atoms with Crippen LogP contribution < -0.4 is 25.1 Å². The number of rotatable bonds is 12. The predicted molar refractivity (Wildman–Crippen MR) is 192 cm³/mol. The van der Waals surface area contributed by atoms with Crippen molar-refractivity contribution in [1.29, 1.82) is 0 Å². The van der Waals surface area contributed by atoms with Crippen LogP contribution in [0, 0.1) is 11.7 Å². The fraction of sp³-hybridized carbons (Fsp3) is 0.486. The summed E-state index contributed by atoms with van der Waals surface area (Å²) in [6.07, 6.45) is 3.34. The third-order valence-electron chi connectivity index (χ3n) is 9.77.